The zero-order chi connectivity index (χ0) is 19.1. The second kappa shape index (κ2) is 10.2. The van der Waals surface area contributed by atoms with Crippen LogP contribution in [0.1, 0.15) is 37.7 Å². The molecule has 0 spiro atoms. The largest absolute Gasteiger partial charge is 0.380 e. The van der Waals surface area contributed by atoms with Crippen molar-refractivity contribution in [3.63, 3.8) is 0 Å². The average Bonchev–Trinajstić information content (AvgIpc) is 2.94. The van der Waals surface area contributed by atoms with E-state index in [4.69, 9.17) is 10.5 Å². The van der Waals surface area contributed by atoms with Gasteiger partial charge in [0.2, 0.25) is 5.91 Å². The van der Waals surface area contributed by atoms with Gasteiger partial charge < -0.3 is 20.3 Å². The first-order valence-corrected chi connectivity index (χ1v) is 10.5. The van der Waals surface area contributed by atoms with Gasteiger partial charge in [-0.1, -0.05) is 30.3 Å². The molecular formula is C22H35N3O2. The second-order valence-corrected chi connectivity index (χ2v) is 8.06. The first-order valence-electron chi connectivity index (χ1n) is 10.5. The number of aryl methyl sites for hydroxylation is 1. The molecule has 1 heterocycles. The van der Waals surface area contributed by atoms with Crippen molar-refractivity contribution >= 4 is 5.91 Å². The van der Waals surface area contributed by atoms with Gasteiger partial charge in [-0.15, -0.1) is 0 Å². The fourth-order valence-corrected chi connectivity index (χ4v) is 4.52. The summed E-state index contributed by atoms with van der Waals surface area (Å²) < 4.78 is 5.42. The molecule has 27 heavy (non-hydrogen) atoms. The van der Waals surface area contributed by atoms with Crippen molar-refractivity contribution < 1.29 is 9.53 Å². The van der Waals surface area contributed by atoms with E-state index in [0.29, 0.717) is 5.91 Å². The summed E-state index contributed by atoms with van der Waals surface area (Å²) in [5.41, 5.74) is 7.61. The van der Waals surface area contributed by atoms with E-state index < -0.39 is 0 Å². The van der Waals surface area contributed by atoms with Gasteiger partial charge >= 0.3 is 0 Å². The first kappa shape index (κ1) is 20.3. The van der Waals surface area contributed by atoms with E-state index >= 15 is 0 Å². The summed E-state index contributed by atoms with van der Waals surface area (Å²) in [5.74, 6) is 0.391. The van der Waals surface area contributed by atoms with Gasteiger partial charge in [0.05, 0.1) is 6.10 Å². The van der Waals surface area contributed by atoms with Crippen LogP contribution in [0.3, 0.4) is 0 Å². The molecule has 5 nitrogen and oxygen atoms in total. The molecule has 1 saturated carbocycles. The summed E-state index contributed by atoms with van der Waals surface area (Å²) in [5, 5.41) is 0. The predicted octanol–water partition coefficient (Wildman–Crippen LogP) is 2.30. The van der Waals surface area contributed by atoms with Gasteiger partial charge in [0, 0.05) is 38.7 Å². The third kappa shape index (κ3) is 5.77. The third-order valence-corrected chi connectivity index (χ3v) is 6.17. The van der Waals surface area contributed by atoms with Crippen molar-refractivity contribution in [3.8, 4) is 0 Å². The number of hydrogen-bond donors (Lipinski definition) is 1. The Bertz CT molecular complexity index is 580. The Labute approximate surface area is 163 Å². The molecule has 0 unspecified atom stereocenters. The summed E-state index contributed by atoms with van der Waals surface area (Å²) in [4.78, 5) is 17.6. The standard InChI is InChI=1S/C22H35N3O2/c1-27-21-11-10-19(17-20(21)23)22(26)25-14-6-13-24(15-16-25)12-5-9-18-7-3-2-4-8-18/h2-4,7-8,19-21H,5-6,9-17,23H2,1H3/t19-,20+,21+/m0/s1. The number of methoxy groups -OCH3 is 1. The topological polar surface area (TPSA) is 58.8 Å². The maximum Gasteiger partial charge on any atom is 0.225 e. The molecule has 1 aromatic carbocycles. The first-order chi connectivity index (χ1) is 13.2. The Morgan fingerprint density at radius 2 is 1.96 bits per heavy atom. The molecule has 3 atom stereocenters. The average molecular weight is 374 g/mol. The van der Waals surface area contributed by atoms with Crippen molar-refractivity contribution in [1.29, 1.82) is 0 Å². The molecule has 2 fully saturated rings. The van der Waals surface area contributed by atoms with Crippen molar-refractivity contribution in [1.82, 2.24) is 9.80 Å². The van der Waals surface area contributed by atoms with Gasteiger partial charge in [-0.3, -0.25) is 4.79 Å². The van der Waals surface area contributed by atoms with Crippen LogP contribution in [0.25, 0.3) is 0 Å². The molecular weight excluding hydrogens is 338 g/mol. The van der Waals surface area contributed by atoms with Crippen molar-refractivity contribution in [2.24, 2.45) is 11.7 Å². The summed E-state index contributed by atoms with van der Waals surface area (Å²) in [6.45, 7) is 4.92. The van der Waals surface area contributed by atoms with Gasteiger partial charge in [-0.25, -0.2) is 0 Å². The number of hydrogen-bond acceptors (Lipinski definition) is 4. The van der Waals surface area contributed by atoms with E-state index in [2.05, 4.69) is 40.1 Å². The Balaban J connectivity index is 1.42. The van der Waals surface area contributed by atoms with E-state index in [1.807, 2.05) is 0 Å². The van der Waals surface area contributed by atoms with Crippen LogP contribution in [0.4, 0.5) is 0 Å². The lowest BCUT2D eigenvalue weighted by atomic mass is 9.83. The number of nitrogens with zero attached hydrogens (tertiary/aromatic N) is 2. The minimum absolute atomic E-state index is 0.0147. The maximum absolute atomic E-state index is 13.0. The highest BCUT2D eigenvalue weighted by atomic mass is 16.5. The monoisotopic (exact) mass is 373 g/mol. The molecule has 1 amide bonds. The number of benzene rings is 1. The Morgan fingerprint density at radius 3 is 2.70 bits per heavy atom. The zero-order valence-corrected chi connectivity index (χ0v) is 16.7. The summed E-state index contributed by atoms with van der Waals surface area (Å²) in [6, 6.07) is 10.7. The molecule has 1 aromatic rings. The van der Waals surface area contributed by atoms with Crippen LogP contribution in [0.5, 0.6) is 0 Å². The summed E-state index contributed by atoms with van der Waals surface area (Å²) in [6.07, 6.45) is 6.04. The van der Waals surface area contributed by atoms with E-state index in [-0.39, 0.29) is 18.1 Å². The molecule has 2 N–H and O–H groups in total. The highest BCUT2D eigenvalue weighted by Gasteiger charge is 2.34. The summed E-state index contributed by atoms with van der Waals surface area (Å²) >= 11 is 0. The Morgan fingerprint density at radius 1 is 1.15 bits per heavy atom. The molecule has 0 radical (unpaired) electrons. The van der Waals surface area contributed by atoms with Crippen LogP contribution < -0.4 is 5.73 Å². The fraction of sp³-hybridized carbons (Fsp3) is 0.682. The van der Waals surface area contributed by atoms with E-state index in [1.165, 1.54) is 12.0 Å². The van der Waals surface area contributed by atoms with Crippen LogP contribution >= 0.6 is 0 Å². The number of carbonyl (C=O) groups is 1. The molecule has 1 aliphatic heterocycles. The minimum Gasteiger partial charge on any atom is -0.380 e. The van der Waals surface area contributed by atoms with Crippen LogP contribution in [0.15, 0.2) is 30.3 Å². The SMILES string of the molecule is CO[C@@H]1CC[C@H](C(=O)N2CCCN(CCCc3ccccc3)CC2)C[C@H]1N. The highest BCUT2D eigenvalue weighted by molar-refractivity contribution is 5.79. The Kier molecular flexibility index (Phi) is 7.68. The molecule has 1 saturated heterocycles. The molecule has 150 valence electrons. The molecule has 3 rings (SSSR count). The molecule has 5 heteroatoms. The van der Waals surface area contributed by atoms with Crippen molar-refractivity contribution in [2.45, 2.75) is 50.7 Å². The van der Waals surface area contributed by atoms with E-state index in [0.717, 1.165) is 64.8 Å². The molecule has 2 aliphatic rings. The molecule has 0 aromatic heterocycles. The summed E-state index contributed by atoms with van der Waals surface area (Å²) in [7, 11) is 1.72. The molecule has 0 bridgehead atoms. The minimum atomic E-state index is -0.0147. The van der Waals surface area contributed by atoms with Crippen LogP contribution in [-0.4, -0.2) is 67.7 Å². The van der Waals surface area contributed by atoms with Crippen molar-refractivity contribution in [2.75, 3.05) is 39.8 Å². The van der Waals surface area contributed by atoms with Gasteiger partial charge in [-0.05, 0) is 57.2 Å². The number of ether oxygens (including phenoxy) is 1. The van der Waals surface area contributed by atoms with Crippen LogP contribution in [0, 0.1) is 5.92 Å². The second-order valence-electron chi connectivity index (χ2n) is 8.06. The van der Waals surface area contributed by atoms with Gasteiger partial charge in [0.1, 0.15) is 0 Å². The van der Waals surface area contributed by atoms with E-state index in [1.54, 1.807) is 7.11 Å². The zero-order valence-electron chi connectivity index (χ0n) is 16.7. The highest BCUT2D eigenvalue weighted by Crippen LogP contribution is 2.27. The lowest BCUT2D eigenvalue weighted by Gasteiger charge is -2.35. The number of carbonyl (C=O) groups excluding carboxylic acids is 1. The lowest BCUT2D eigenvalue weighted by Crippen LogP contribution is -2.47. The van der Waals surface area contributed by atoms with Gasteiger partial charge in [-0.2, -0.15) is 0 Å². The van der Waals surface area contributed by atoms with Crippen LogP contribution in [-0.2, 0) is 16.0 Å². The molecule has 1 aliphatic carbocycles. The third-order valence-electron chi connectivity index (χ3n) is 6.17. The number of amides is 1. The van der Waals surface area contributed by atoms with E-state index in [9.17, 15) is 4.79 Å². The van der Waals surface area contributed by atoms with Gasteiger partial charge in [0.15, 0.2) is 0 Å². The van der Waals surface area contributed by atoms with Gasteiger partial charge in [0.25, 0.3) is 0 Å². The predicted molar refractivity (Wildman–Crippen MR) is 109 cm³/mol. The number of rotatable bonds is 6. The smallest absolute Gasteiger partial charge is 0.225 e. The fourth-order valence-electron chi connectivity index (χ4n) is 4.52. The maximum atomic E-state index is 13.0. The quantitative estimate of drug-likeness (QED) is 0.831. The normalized spacial score (nSPS) is 27.3. The Hall–Kier alpha value is -1.43. The lowest BCUT2D eigenvalue weighted by molar-refractivity contribution is -0.137. The number of nitrogens with two attached hydrogens (primary N) is 1. The van der Waals surface area contributed by atoms with Crippen molar-refractivity contribution in [3.05, 3.63) is 35.9 Å². The van der Waals surface area contributed by atoms with Crippen LogP contribution in [0.2, 0.25) is 0 Å².